The predicted molar refractivity (Wildman–Crippen MR) is 92.1 cm³/mol. The molecule has 4 rings (SSSR count). The second-order valence-corrected chi connectivity index (χ2v) is 5.81. The number of aryl methyl sites for hydroxylation is 1. The number of aromatic amines is 1. The zero-order valence-corrected chi connectivity index (χ0v) is 13.5. The summed E-state index contributed by atoms with van der Waals surface area (Å²) < 4.78 is 1.75. The normalized spacial score (nSPS) is 11.0. The van der Waals surface area contributed by atoms with Crippen LogP contribution in [0.3, 0.4) is 0 Å². The number of nitrogens with one attached hydrogen (secondary N) is 1. The van der Waals surface area contributed by atoms with Gasteiger partial charge in [0.25, 0.3) is 0 Å². The van der Waals surface area contributed by atoms with Crippen LogP contribution in [0.15, 0.2) is 55.0 Å². The molecule has 0 aliphatic rings. The maximum Gasteiger partial charge on any atom is 0.184 e. The van der Waals surface area contributed by atoms with Crippen LogP contribution in [0.2, 0.25) is 0 Å². The fourth-order valence-corrected chi connectivity index (χ4v) is 2.75. The van der Waals surface area contributed by atoms with Gasteiger partial charge >= 0.3 is 0 Å². The van der Waals surface area contributed by atoms with E-state index >= 15 is 0 Å². The minimum atomic E-state index is -0.000686. The molecule has 0 fully saturated rings. The third-order valence-electron chi connectivity index (χ3n) is 4.00. The van der Waals surface area contributed by atoms with Crippen LogP contribution in [0.1, 0.15) is 28.2 Å². The van der Waals surface area contributed by atoms with Crippen molar-refractivity contribution in [2.45, 2.75) is 19.4 Å². The molecule has 3 heterocycles. The Morgan fingerprint density at radius 3 is 2.96 bits per heavy atom. The average molecular weight is 332 g/mol. The zero-order chi connectivity index (χ0) is 17.1. The number of hydrogen-bond acceptors (Lipinski definition) is 5. The van der Waals surface area contributed by atoms with Crippen LogP contribution in [-0.2, 0) is 13.0 Å². The Kier molecular flexibility index (Phi) is 4.04. The number of fused-ring (bicyclic) bond motifs is 1. The number of rotatable bonds is 6. The van der Waals surface area contributed by atoms with Gasteiger partial charge in [0.1, 0.15) is 5.69 Å². The van der Waals surface area contributed by atoms with Gasteiger partial charge in [-0.1, -0.05) is 29.5 Å². The monoisotopic (exact) mass is 332 g/mol. The summed E-state index contributed by atoms with van der Waals surface area (Å²) >= 11 is 0. The molecule has 0 saturated carbocycles. The molecule has 0 saturated heterocycles. The van der Waals surface area contributed by atoms with Crippen molar-refractivity contribution in [3.8, 4) is 0 Å². The lowest BCUT2D eigenvalue weighted by atomic mass is 10.1. The molecule has 0 aliphatic heterocycles. The molecule has 3 aromatic heterocycles. The predicted octanol–water partition coefficient (Wildman–Crippen LogP) is 2.41. The highest BCUT2D eigenvalue weighted by Crippen LogP contribution is 2.17. The lowest BCUT2D eigenvalue weighted by Gasteiger charge is -1.99. The summed E-state index contributed by atoms with van der Waals surface area (Å²) in [6.07, 6.45) is 6.28. The molecule has 0 radical (unpaired) electrons. The molecule has 4 aromatic rings. The van der Waals surface area contributed by atoms with Crippen LogP contribution in [0.4, 0.5) is 0 Å². The molecule has 1 N–H and O–H groups in total. The summed E-state index contributed by atoms with van der Waals surface area (Å²) in [6.45, 7) is 0.610. The molecule has 0 unspecified atom stereocenters. The minimum Gasteiger partial charge on any atom is -0.292 e. The summed E-state index contributed by atoms with van der Waals surface area (Å²) in [6, 6.07) is 11.5. The summed E-state index contributed by atoms with van der Waals surface area (Å²) in [5.41, 5.74) is 3.20. The van der Waals surface area contributed by atoms with E-state index in [1.54, 1.807) is 17.1 Å². The molecule has 124 valence electrons. The quantitative estimate of drug-likeness (QED) is 0.548. The molecule has 0 aliphatic carbocycles. The van der Waals surface area contributed by atoms with Crippen molar-refractivity contribution >= 4 is 16.7 Å². The molecule has 25 heavy (non-hydrogen) atoms. The van der Waals surface area contributed by atoms with Crippen LogP contribution in [0.5, 0.6) is 0 Å². The maximum absolute atomic E-state index is 12.4. The van der Waals surface area contributed by atoms with Gasteiger partial charge in [0.05, 0.1) is 17.8 Å². The van der Waals surface area contributed by atoms with Gasteiger partial charge in [-0.05, 0) is 17.7 Å². The number of carbonyl (C=O) groups is 1. The van der Waals surface area contributed by atoms with E-state index in [2.05, 4.69) is 25.5 Å². The second-order valence-electron chi connectivity index (χ2n) is 5.81. The summed E-state index contributed by atoms with van der Waals surface area (Å²) in [4.78, 5) is 16.5. The third-order valence-corrected chi connectivity index (χ3v) is 4.00. The Morgan fingerprint density at radius 2 is 2.08 bits per heavy atom. The van der Waals surface area contributed by atoms with E-state index in [-0.39, 0.29) is 5.78 Å². The van der Waals surface area contributed by atoms with E-state index < -0.39 is 0 Å². The van der Waals surface area contributed by atoms with Crippen LogP contribution in [0, 0.1) is 0 Å². The Hall–Kier alpha value is -3.35. The summed E-state index contributed by atoms with van der Waals surface area (Å²) in [5, 5.41) is 16.1. The third kappa shape index (κ3) is 3.30. The standard InChI is InChI=1S/C18H16N6O/c25-17(18-15-5-1-2-6-16(15)21-22-18)8-7-14-12-24(23-20-14)11-13-4-3-9-19-10-13/h1-6,9-10,12H,7-8,11H2,(H,21,22). The second kappa shape index (κ2) is 6.64. The smallest absolute Gasteiger partial charge is 0.184 e. The highest BCUT2D eigenvalue weighted by Gasteiger charge is 2.14. The first-order valence-corrected chi connectivity index (χ1v) is 8.04. The molecular weight excluding hydrogens is 316 g/mol. The number of Topliss-reactive ketones (excluding diaryl/α,β-unsaturated/α-hetero) is 1. The molecule has 7 heteroatoms. The number of para-hydroxylation sites is 1. The Bertz CT molecular complexity index is 1000. The molecule has 0 bridgehead atoms. The van der Waals surface area contributed by atoms with E-state index in [0.717, 1.165) is 22.2 Å². The summed E-state index contributed by atoms with van der Waals surface area (Å²) in [7, 11) is 0. The number of aromatic nitrogens is 6. The number of H-pyrrole nitrogens is 1. The topological polar surface area (TPSA) is 89.3 Å². The molecule has 0 atom stereocenters. The van der Waals surface area contributed by atoms with E-state index in [1.807, 2.05) is 42.6 Å². The van der Waals surface area contributed by atoms with Gasteiger partial charge in [-0.25, -0.2) is 4.68 Å². The van der Waals surface area contributed by atoms with Crippen LogP contribution in [-0.4, -0.2) is 36.0 Å². The number of carbonyl (C=O) groups excluding carboxylic acids is 1. The van der Waals surface area contributed by atoms with Crippen molar-refractivity contribution in [2.75, 3.05) is 0 Å². The largest absolute Gasteiger partial charge is 0.292 e. The Morgan fingerprint density at radius 1 is 1.16 bits per heavy atom. The molecule has 7 nitrogen and oxygen atoms in total. The average Bonchev–Trinajstić information content (AvgIpc) is 3.27. The highest BCUT2D eigenvalue weighted by molar-refractivity contribution is 6.05. The number of ketones is 1. The summed E-state index contributed by atoms with van der Waals surface area (Å²) in [5.74, 6) is -0.000686. The highest BCUT2D eigenvalue weighted by atomic mass is 16.1. The van der Waals surface area contributed by atoms with Crippen molar-refractivity contribution in [1.29, 1.82) is 0 Å². The van der Waals surface area contributed by atoms with Crippen molar-refractivity contribution in [1.82, 2.24) is 30.2 Å². The molecule has 0 spiro atoms. The van der Waals surface area contributed by atoms with Crippen molar-refractivity contribution in [3.05, 3.63) is 71.9 Å². The first-order valence-electron chi connectivity index (χ1n) is 8.04. The lowest BCUT2D eigenvalue weighted by Crippen LogP contribution is -2.02. The van der Waals surface area contributed by atoms with Crippen LogP contribution < -0.4 is 0 Å². The van der Waals surface area contributed by atoms with E-state index in [1.165, 1.54) is 0 Å². The fraction of sp³-hybridized carbons (Fsp3) is 0.167. The van der Waals surface area contributed by atoms with Gasteiger partial charge in [-0.2, -0.15) is 5.10 Å². The maximum atomic E-state index is 12.4. The number of hydrogen-bond donors (Lipinski definition) is 1. The van der Waals surface area contributed by atoms with Crippen molar-refractivity contribution < 1.29 is 4.79 Å². The van der Waals surface area contributed by atoms with Gasteiger partial charge < -0.3 is 0 Å². The minimum absolute atomic E-state index is 0.000686. The molecule has 1 aromatic carbocycles. The van der Waals surface area contributed by atoms with Crippen molar-refractivity contribution in [3.63, 3.8) is 0 Å². The zero-order valence-electron chi connectivity index (χ0n) is 13.5. The number of nitrogens with zero attached hydrogens (tertiary/aromatic N) is 5. The van der Waals surface area contributed by atoms with Crippen LogP contribution in [0.25, 0.3) is 10.9 Å². The van der Waals surface area contributed by atoms with Gasteiger partial charge in [0.2, 0.25) is 0 Å². The van der Waals surface area contributed by atoms with Gasteiger partial charge in [-0.3, -0.25) is 14.9 Å². The lowest BCUT2D eigenvalue weighted by molar-refractivity contribution is 0.0979. The van der Waals surface area contributed by atoms with Gasteiger partial charge in [-0.15, -0.1) is 5.10 Å². The Balaban J connectivity index is 1.41. The van der Waals surface area contributed by atoms with Gasteiger partial charge in [0, 0.05) is 36.8 Å². The van der Waals surface area contributed by atoms with E-state index in [4.69, 9.17) is 0 Å². The first-order chi connectivity index (χ1) is 12.3. The molecule has 0 amide bonds. The van der Waals surface area contributed by atoms with Gasteiger partial charge in [0.15, 0.2) is 5.78 Å². The number of benzene rings is 1. The van der Waals surface area contributed by atoms with Crippen molar-refractivity contribution in [2.24, 2.45) is 0 Å². The van der Waals surface area contributed by atoms with E-state index in [0.29, 0.717) is 25.1 Å². The Labute approximate surface area is 143 Å². The molecular formula is C18H16N6O. The number of pyridine rings is 1. The first kappa shape index (κ1) is 15.2. The SMILES string of the molecule is O=C(CCc1cn(Cc2cccnc2)nn1)c1n[nH]c2ccccc12. The van der Waals surface area contributed by atoms with E-state index in [9.17, 15) is 4.79 Å². The van der Waals surface area contributed by atoms with Crippen LogP contribution >= 0.6 is 0 Å². The fourth-order valence-electron chi connectivity index (χ4n) is 2.75.